The minimum atomic E-state index is 0.0232. The van der Waals surface area contributed by atoms with Crippen LogP contribution in [0.1, 0.15) is 25.3 Å². The lowest BCUT2D eigenvalue weighted by Crippen LogP contribution is -2.40. The van der Waals surface area contributed by atoms with Gasteiger partial charge in [0.25, 0.3) is 5.91 Å². The lowest BCUT2D eigenvalue weighted by atomic mass is 9.99. The van der Waals surface area contributed by atoms with E-state index in [1.807, 2.05) is 4.90 Å². The van der Waals surface area contributed by atoms with Crippen molar-refractivity contribution in [2.75, 3.05) is 19.7 Å². The number of amidine groups is 1. The van der Waals surface area contributed by atoms with Crippen LogP contribution in [0.15, 0.2) is 24.3 Å². The summed E-state index contributed by atoms with van der Waals surface area (Å²) in [5, 5.41) is 7.30. The van der Waals surface area contributed by atoms with E-state index in [-0.39, 0.29) is 18.3 Å². The fourth-order valence-electron chi connectivity index (χ4n) is 2.23. The maximum atomic E-state index is 12.0. The van der Waals surface area contributed by atoms with E-state index >= 15 is 0 Å². The van der Waals surface area contributed by atoms with Gasteiger partial charge >= 0.3 is 0 Å². The molecule has 0 atom stereocenters. The van der Waals surface area contributed by atoms with Gasteiger partial charge in [-0.2, -0.15) is 0 Å². The van der Waals surface area contributed by atoms with Crippen LogP contribution in [-0.2, 0) is 4.79 Å². The van der Waals surface area contributed by atoms with E-state index in [2.05, 4.69) is 6.92 Å². The molecule has 1 aliphatic heterocycles. The third-order valence-corrected chi connectivity index (χ3v) is 3.66. The van der Waals surface area contributed by atoms with Crippen molar-refractivity contribution >= 4 is 11.7 Å². The van der Waals surface area contributed by atoms with Gasteiger partial charge in [-0.25, -0.2) is 0 Å². The lowest BCUT2D eigenvalue weighted by Gasteiger charge is -2.30. The summed E-state index contributed by atoms with van der Waals surface area (Å²) in [5.74, 6) is 1.38. The zero-order valence-electron chi connectivity index (χ0n) is 11.8. The first-order chi connectivity index (χ1) is 9.56. The number of benzene rings is 1. The molecular formula is C15H21N3O2. The molecule has 1 aromatic rings. The van der Waals surface area contributed by atoms with E-state index in [1.54, 1.807) is 24.3 Å². The first-order valence-corrected chi connectivity index (χ1v) is 6.91. The van der Waals surface area contributed by atoms with E-state index in [0.717, 1.165) is 25.9 Å². The van der Waals surface area contributed by atoms with E-state index in [4.69, 9.17) is 15.9 Å². The number of nitrogens with two attached hydrogens (primary N) is 1. The average molecular weight is 275 g/mol. The van der Waals surface area contributed by atoms with Crippen LogP contribution in [0.5, 0.6) is 5.75 Å². The Morgan fingerprint density at radius 3 is 2.50 bits per heavy atom. The number of nitrogen functional groups attached to an aromatic ring is 1. The van der Waals surface area contributed by atoms with Crippen LogP contribution in [-0.4, -0.2) is 36.3 Å². The summed E-state index contributed by atoms with van der Waals surface area (Å²) in [7, 11) is 0. The van der Waals surface area contributed by atoms with Crippen molar-refractivity contribution < 1.29 is 9.53 Å². The molecule has 5 heteroatoms. The van der Waals surface area contributed by atoms with Gasteiger partial charge in [0.2, 0.25) is 0 Å². The van der Waals surface area contributed by atoms with Crippen LogP contribution in [0.2, 0.25) is 0 Å². The van der Waals surface area contributed by atoms with Crippen LogP contribution in [0.4, 0.5) is 0 Å². The number of carbonyl (C=O) groups is 1. The molecule has 1 fully saturated rings. The van der Waals surface area contributed by atoms with Crippen LogP contribution < -0.4 is 10.5 Å². The summed E-state index contributed by atoms with van der Waals surface area (Å²) in [6.45, 7) is 3.93. The Balaban J connectivity index is 1.82. The number of carbonyl (C=O) groups excluding carboxylic acids is 1. The van der Waals surface area contributed by atoms with E-state index in [9.17, 15) is 4.79 Å². The zero-order chi connectivity index (χ0) is 14.5. The van der Waals surface area contributed by atoms with Crippen LogP contribution in [0.25, 0.3) is 0 Å². The normalized spacial score (nSPS) is 15.9. The van der Waals surface area contributed by atoms with Crippen molar-refractivity contribution in [1.29, 1.82) is 5.41 Å². The summed E-state index contributed by atoms with van der Waals surface area (Å²) in [6, 6.07) is 6.88. The van der Waals surface area contributed by atoms with Gasteiger partial charge in [-0.15, -0.1) is 0 Å². The summed E-state index contributed by atoms with van der Waals surface area (Å²) in [6.07, 6.45) is 2.14. The van der Waals surface area contributed by atoms with Gasteiger partial charge in [-0.05, 0) is 43.0 Å². The van der Waals surface area contributed by atoms with Crippen molar-refractivity contribution in [3.63, 3.8) is 0 Å². The van der Waals surface area contributed by atoms with E-state index < -0.39 is 0 Å². The monoisotopic (exact) mass is 275 g/mol. The Labute approximate surface area is 119 Å². The third-order valence-electron chi connectivity index (χ3n) is 3.66. The van der Waals surface area contributed by atoms with Gasteiger partial charge in [0, 0.05) is 18.7 Å². The van der Waals surface area contributed by atoms with E-state index in [0.29, 0.717) is 17.2 Å². The summed E-state index contributed by atoms with van der Waals surface area (Å²) in [5.41, 5.74) is 6.02. The number of rotatable bonds is 4. The molecule has 1 saturated heterocycles. The number of hydrogen-bond donors (Lipinski definition) is 2. The quantitative estimate of drug-likeness (QED) is 0.647. The van der Waals surface area contributed by atoms with Crippen molar-refractivity contribution in [1.82, 2.24) is 4.90 Å². The Morgan fingerprint density at radius 1 is 1.35 bits per heavy atom. The van der Waals surface area contributed by atoms with Crippen LogP contribution in [0, 0.1) is 11.3 Å². The third kappa shape index (κ3) is 3.73. The zero-order valence-corrected chi connectivity index (χ0v) is 11.8. The largest absolute Gasteiger partial charge is 0.484 e. The number of ether oxygens (including phenoxy) is 1. The molecule has 1 aromatic carbocycles. The molecule has 0 saturated carbocycles. The summed E-state index contributed by atoms with van der Waals surface area (Å²) < 4.78 is 5.48. The topological polar surface area (TPSA) is 79.4 Å². The van der Waals surface area contributed by atoms with Crippen LogP contribution in [0.3, 0.4) is 0 Å². The van der Waals surface area contributed by atoms with Gasteiger partial charge in [-0.1, -0.05) is 6.92 Å². The highest BCUT2D eigenvalue weighted by atomic mass is 16.5. The van der Waals surface area contributed by atoms with Gasteiger partial charge in [0.15, 0.2) is 6.61 Å². The molecule has 0 aromatic heterocycles. The fraction of sp³-hybridized carbons (Fsp3) is 0.467. The predicted octanol–water partition coefficient (Wildman–Crippen LogP) is 1.61. The predicted molar refractivity (Wildman–Crippen MR) is 77.9 cm³/mol. The first kappa shape index (κ1) is 14.4. The second-order valence-corrected chi connectivity index (χ2v) is 5.29. The molecule has 108 valence electrons. The van der Waals surface area contributed by atoms with Crippen molar-refractivity contribution in [3.8, 4) is 5.75 Å². The molecule has 0 aliphatic carbocycles. The summed E-state index contributed by atoms with van der Waals surface area (Å²) in [4.78, 5) is 13.9. The Bertz CT molecular complexity index is 476. The molecule has 2 rings (SSSR count). The first-order valence-electron chi connectivity index (χ1n) is 6.91. The molecular weight excluding hydrogens is 254 g/mol. The summed E-state index contributed by atoms with van der Waals surface area (Å²) >= 11 is 0. The molecule has 3 N–H and O–H groups in total. The SMILES string of the molecule is CC1CCN(C(=O)COc2ccc(C(=N)N)cc2)CC1. The highest BCUT2D eigenvalue weighted by molar-refractivity contribution is 5.94. The van der Waals surface area contributed by atoms with Gasteiger partial charge in [-0.3, -0.25) is 10.2 Å². The standard InChI is InChI=1S/C15H21N3O2/c1-11-6-8-18(9-7-11)14(19)10-20-13-4-2-12(3-5-13)15(16)17/h2-5,11H,6-10H2,1H3,(H3,16,17). The second kappa shape index (κ2) is 6.41. The smallest absolute Gasteiger partial charge is 0.260 e. The highest BCUT2D eigenvalue weighted by Crippen LogP contribution is 2.17. The van der Waals surface area contributed by atoms with Crippen molar-refractivity contribution in [2.24, 2.45) is 11.7 Å². The minimum Gasteiger partial charge on any atom is -0.484 e. The molecule has 1 heterocycles. The Kier molecular flexibility index (Phi) is 4.61. The Hall–Kier alpha value is -2.04. The molecule has 0 unspecified atom stereocenters. The maximum absolute atomic E-state index is 12.0. The molecule has 20 heavy (non-hydrogen) atoms. The lowest BCUT2D eigenvalue weighted by molar-refractivity contribution is -0.134. The number of nitrogens with zero attached hydrogens (tertiary/aromatic N) is 1. The fourth-order valence-corrected chi connectivity index (χ4v) is 2.23. The van der Waals surface area contributed by atoms with Crippen molar-refractivity contribution in [3.05, 3.63) is 29.8 Å². The molecule has 0 radical (unpaired) electrons. The van der Waals surface area contributed by atoms with Crippen molar-refractivity contribution in [2.45, 2.75) is 19.8 Å². The molecule has 1 aliphatic rings. The molecule has 1 amide bonds. The van der Waals surface area contributed by atoms with Crippen LogP contribution >= 0.6 is 0 Å². The number of likely N-dealkylation sites (tertiary alicyclic amines) is 1. The van der Waals surface area contributed by atoms with Gasteiger partial charge < -0.3 is 15.4 Å². The van der Waals surface area contributed by atoms with Gasteiger partial charge in [0.05, 0.1) is 0 Å². The number of nitrogens with one attached hydrogen (secondary N) is 1. The number of piperidine rings is 1. The average Bonchev–Trinajstić information content (AvgIpc) is 2.46. The Morgan fingerprint density at radius 2 is 1.95 bits per heavy atom. The number of hydrogen-bond acceptors (Lipinski definition) is 3. The number of amides is 1. The molecule has 0 bridgehead atoms. The maximum Gasteiger partial charge on any atom is 0.260 e. The minimum absolute atomic E-state index is 0.0232. The second-order valence-electron chi connectivity index (χ2n) is 5.29. The highest BCUT2D eigenvalue weighted by Gasteiger charge is 2.20. The van der Waals surface area contributed by atoms with Gasteiger partial charge in [0.1, 0.15) is 11.6 Å². The molecule has 0 spiro atoms. The van der Waals surface area contributed by atoms with E-state index in [1.165, 1.54) is 0 Å². The molecule has 5 nitrogen and oxygen atoms in total.